The van der Waals surface area contributed by atoms with Crippen LogP contribution in [-0.4, -0.2) is 54.4 Å². The number of rotatable bonds is 7. The molecule has 1 aliphatic rings. The lowest BCUT2D eigenvalue weighted by atomic mass is 9.74. The van der Waals surface area contributed by atoms with E-state index in [2.05, 4.69) is 20.6 Å². The van der Waals surface area contributed by atoms with Gasteiger partial charge >= 0.3 is 6.09 Å². The smallest absolute Gasteiger partial charge is 0.407 e. The SMILES string of the molecule is C[C@H]1C[C@@H](c2ccncc2NC(=O)c2ccc(F)c(-c3c(F)cccc3F)n2)C[C@@H](NC(=O)OC(C)(C)C)[C@@H]1OS(C)(=O)=O. The molecule has 1 aliphatic carbocycles. The first kappa shape index (κ1) is 32.9. The van der Waals surface area contributed by atoms with E-state index in [1.165, 1.54) is 12.4 Å². The second-order valence-electron chi connectivity index (χ2n) is 11.7. The van der Waals surface area contributed by atoms with Crippen molar-refractivity contribution in [2.24, 2.45) is 5.92 Å². The number of benzene rings is 1. The summed E-state index contributed by atoms with van der Waals surface area (Å²) in [6.07, 6.45) is 2.86. The van der Waals surface area contributed by atoms with Crippen LogP contribution >= 0.6 is 0 Å². The van der Waals surface area contributed by atoms with Crippen molar-refractivity contribution >= 4 is 27.8 Å². The molecule has 2 N–H and O–H groups in total. The van der Waals surface area contributed by atoms with E-state index in [0.29, 0.717) is 12.0 Å². The van der Waals surface area contributed by atoms with E-state index in [0.717, 1.165) is 36.6 Å². The van der Waals surface area contributed by atoms with E-state index in [4.69, 9.17) is 8.92 Å². The number of hydrogen-bond acceptors (Lipinski definition) is 8. The molecule has 2 heterocycles. The molecule has 4 atom stereocenters. The first-order chi connectivity index (χ1) is 20.5. The number of carbonyl (C=O) groups excluding carboxylic acids is 2. The number of alkyl carbamates (subject to hydrolysis) is 1. The van der Waals surface area contributed by atoms with Crippen molar-refractivity contribution in [3.8, 4) is 11.3 Å². The molecule has 0 saturated heterocycles. The highest BCUT2D eigenvalue weighted by Gasteiger charge is 2.41. The van der Waals surface area contributed by atoms with Gasteiger partial charge in [-0.2, -0.15) is 8.42 Å². The van der Waals surface area contributed by atoms with Gasteiger partial charge in [-0.05, 0) is 81.3 Å². The van der Waals surface area contributed by atoms with Crippen LogP contribution in [0.1, 0.15) is 62.5 Å². The predicted molar refractivity (Wildman–Crippen MR) is 156 cm³/mol. The molecule has 4 rings (SSSR count). The monoisotopic (exact) mass is 634 g/mol. The summed E-state index contributed by atoms with van der Waals surface area (Å²) in [5.41, 5.74) is -1.57. The van der Waals surface area contributed by atoms with Crippen molar-refractivity contribution in [1.82, 2.24) is 15.3 Å². The molecular weight excluding hydrogens is 601 g/mol. The molecule has 2 amide bonds. The van der Waals surface area contributed by atoms with Crippen LogP contribution in [0.15, 0.2) is 48.8 Å². The summed E-state index contributed by atoms with van der Waals surface area (Å²) in [6.45, 7) is 6.88. The maximum Gasteiger partial charge on any atom is 0.407 e. The Labute approximate surface area is 253 Å². The number of aromatic nitrogens is 2. The molecule has 1 fully saturated rings. The van der Waals surface area contributed by atoms with Crippen molar-refractivity contribution in [2.45, 2.75) is 64.2 Å². The number of nitrogens with one attached hydrogen (secondary N) is 2. The summed E-state index contributed by atoms with van der Waals surface area (Å²) in [6, 6.07) is 5.91. The summed E-state index contributed by atoms with van der Waals surface area (Å²) in [4.78, 5) is 33.9. The van der Waals surface area contributed by atoms with Crippen LogP contribution in [0.2, 0.25) is 0 Å². The van der Waals surface area contributed by atoms with E-state index in [9.17, 15) is 31.2 Å². The Morgan fingerprint density at radius 1 is 1.00 bits per heavy atom. The minimum Gasteiger partial charge on any atom is -0.444 e. The summed E-state index contributed by atoms with van der Waals surface area (Å²) in [7, 11) is -3.87. The zero-order chi connectivity index (χ0) is 32.4. The molecule has 0 aliphatic heterocycles. The minimum absolute atomic E-state index is 0.224. The number of amides is 2. The number of nitrogens with zero attached hydrogens (tertiary/aromatic N) is 2. The lowest BCUT2D eigenvalue weighted by Crippen LogP contribution is -2.52. The van der Waals surface area contributed by atoms with Crippen LogP contribution in [-0.2, 0) is 19.0 Å². The van der Waals surface area contributed by atoms with Gasteiger partial charge in [0.2, 0.25) is 0 Å². The van der Waals surface area contributed by atoms with Crippen LogP contribution in [0, 0.1) is 23.4 Å². The lowest BCUT2D eigenvalue weighted by Gasteiger charge is -2.40. The van der Waals surface area contributed by atoms with Crippen molar-refractivity contribution in [3.63, 3.8) is 0 Å². The number of hydrogen-bond donors (Lipinski definition) is 2. The summed E-state index contributed by atoms with van der Waals surface area (Å²) in [5.74, 6) is -4.56. The molecule has 0 spiro atoms. The summed E-state index contributed by atoms with van der Waals surface area (Å²) >= 11 is 0. The molecule has 44 heavy (non-hydrogen) atoms. The lowest BCUT2D eigenvalue weighted by molar-refractivity contribution is 0.0295. The zero-order valence-corrected chi connectivity index (χ0v) is 25.5. The number of anilines is 1. The Bertz CT molecular complexity index is 1640. The number of carbonyl (C=O) groups is 2. The molecule has 3 aromatic rings. The van der Waals surface area contributed by atoms with Gasteiger partial charge in [0.05, 0.1) is 35.8 Å². The Balaban J connectivity index is 1.62. The number of ether oxygens (including phenoxy) is 1. The van der Waals surface area contributed by atoms with E-state index in [1.54, 1.807) is 33.8 Å². The minimum atomic E-state index is -3.87. The normalized spacial score (nSPS) is 20.5. The van der Waals surface area contributed by atoms with Crippen molar-refractivity contribution in [3.05, 3.63) is 77.5 Å². The first-order valence-corrected chi connectivity index (χ1v) is 15.6. The molecule has 0 bridgehead atoms. The third kappa shape index (κ3) is 8.11. The predicted octanol–water partition coefficient (Wildman–Crippen LogP) is 5.56. The molecule has 1 saturated carbocycles. The third-order valence-corrected chi connectivity index (χ3v) is 7.53. The highest BCUT2D eigenvalue weighted by atomic mass is 32.2. The number of halogens is 3. The van der Waals surface area contributed by atoms with Gasteiger partial charge < -0.3 is 15.4 Å². The molecule has 0 unspecified atom stereocenters. The van der Waals surface area contributed by atoms with E-state index in [-0.39, 0.29) is 29.6 Å². The summed E-state index contributed by atoms with van der Waals surface area (Å²) < 4.78 is 78.2. The third-order valence-electron chi connectivity index (χ3n) is 6.96. The van der Waals surface area contributed by atoms with Crippen LogP contribution in [0.3, 0.4) is 0 Å². The molecule has 14 heteroatoms. The largest absolute Gasteiger partial charge is 0.444 e. The first-order valence-electron chi connectivity index (χ1n) is 13.8. The van der Waals surface area contributed by atoms with Gasteiger partial charge in [-0.3, -0.25) is 14.0 Å². The summed E-state index contributed by atoms with van der Waals surface area (Å²) in [5, 5.41) is 5.43. The van der Waals surface area contributed by atoms with E-state index in [1.807, 2.05) is 0 Å². The number of pyridine rings is 2. The fourth-order valence-electron chi connectivity index (χ4n) is 5.25. The second-order valence-corrected chi connectivity index (χ2v) is 13.3. The second kappa shape index (κ2) is 12.9. The van der Waals surface area contributed by atoms with Crippen LogP contribution in [0.5, 0.6) is 0 Å². The average molecular weight is 635 g/mol. The van der Waals surface area contributed by atoms with Gasteiger partial charge in [0.1, 0.15) is 34.4 Å². The molecule has 1 aromatic carbocycles. The highest BCUT2D eigenvalue weighted by molar-refractivity contribution is 7.86. The standard InChI is InChI=1S/C30H33F3N4O6S/c1-16-13-17(14-23(27(16)43-44(5,40)41)37-29(39)42-30(2,3)4)18-11-12-34-15-24(18)36-28(38)22-10-9-21(33)26(35-22)25-19(31)7-6-8-20(25)32/h6-12,15-17,23,27H,13-14H2,1-5H3,(H,36,38)(H,37,39)/t16-,17+,23+,27+/m0/s1. The quantitative estimate of drug-likeness (QED) is 0.322. The van der Waals surface area contributed by atoms with Crippen LogP contribution < -0.4 is 10.6 Å². The molecular formula is C30H33F3N4O6S. The highest BCUT2D eigenvalue weighted by Crippen LogP contribution is 2.41. The topological polar surface area (TPSA) is 137 Å². The van der Waals surface area contributed by atoms with Crippen molar-refractivity contribution < 1.29 is 40.1 Å². The average Bonchev–Trinajstić information content (AvgIpc) is 2.90. The Hall–Kier alpha value is -4.04. The van der Waals surface area contributed by atoms with E-state index >= 15 is 0 Å². The van der Waals surface area contributed by atoms with Crippen LogP contribution in [0.4, 0.5) is 23.7 Å². The molecule has 2 aromatic heterocycles. The van der Waals surface area contributed by atoms with Gasteiger partial charge in [0.25, 0.3) is 16.0 Å². The Kier molecular flexibility index (Phi) is 9.64. The van der Waals surface area contributed by atoms with Gasteiger partial charge in [0, 0.05) is 6.20 Å². The maximum absolute atomic E-state index is 14.6. The van der Waals surface area contributed by atoms with Crippen molar-refractivity contribution in [1.29, 1.82) is 0 Å². The molecule has 0 radical (unpaired) electrons. The van der Waals surface area contributed by atoms with Gasteiger partial charge in [-0.1, -0.05) is 13.0 Å². The fourth-order valence-corrected chi connectivity index (χ4v) is 5.98. The van der Waals surface area contributed by atoms with Crippen molar-refractivity contribution in [2.75, 3.05) is 11.6 Å². The van der Waals surface area contributed by atoms with Gasteiger partial charge in [0.15, 0.2) is 0 Å². The zero-order valence-electron chi connectivity index (χ0n) is 24.7. The maximum atomic E-state index is 14.6. The van der Waals surface area contributed by atoms with Gasteiger partial charge in [-0.15, -0.1) is 0 Å². The van der Waals surface area contributed by atoms with Crippen LogP contribution in [0.25, 0.3) is 11.3 Å². The Morgan fingerprint density at radius 3 is 2.32 bits per heavy atom. The Morgan fingerprint density at radius 2 is 1.68 bits per heavy atom. The van der Waals surface area contributed by atoms with E-state index < -0.39 is 68.6 Å². The van der Waals surface area contributed by atoms with Gasteiger partial charge in [-0.25, -0.2) is 22.9 Å². The molecule has 10 nitrogen and oxygen atoms in total. The molecule has 236 valence electrons. The fraction of sp³-hybridized carbons (Fsp3) is 0.400.